The lowest BCUT2D eigenvalue weighted by molar-refractivity contribution is 0.111. The SMILES string of the molecule is O=Cc1cnc2scc(-c3ccccn3)n12. The number of imidazole rings is 1. The molecule has 0 bridgehead atoms. The highest BCUT2D eigenvalue weighted by atomic mass is 32.1. The number of nitrogens with zero attached hydrogens (tertiary/aromatic N) is 3. The van der Waals surface area contributed by atoms with Crippen LogP contribution in [0.1, 0.15) is 10.5 Å². The van der Waals surface area contributed by atoms with Crippen molar-refractivity contribution < 1.29 is 4.79 Å². The summed E-state index contributed by atoms with van der Waals surface area (Å²) in [5.74, 6) is 0. The third-order valence-electron chi connectivity index (χ3n) is 2.32. The molecule has 0 aromatic carbocycles. The maximum absolute atomic E-state index is 10.9. The van der Waals surface area contributed by atoms with E-state index in [2.05, 4.69) is 9.97 Å². The third kappa shape index (κ3) is 1.25. The summed E-state index contributed by atoms with van der Waals surface area (Å²) in [5.41, 5.74) is 2.30. The number of hydrogen-bond acceptors (Lipinski definition) is 4. The van der Waals surface area contributed by atoms with Gasteiger partial charge in [0.2, 0.25) is 0 Å². The normalized spacial score (nSPS) is 10.8. The number of carbonyl (C=O) groups is 1. The first-order valence-corrected chi connectivity index (χ1v) is 5.59. The number of aldehydes is 1. The molecule has 0 N–H and O–H groups in total. The minimum absolute atomic E-state index is 0.553. The molecule has 3 aromatic heterocycles. The predicted octanol–water partition coefficient (Wildman–Crippen LogP) is 2.27. The molecule has 3 heterocycles. The van der Waals surface area contributed by atoms with E-state index in [1.807, 2.05) is 28.0 Å². The van der Waals surface area contributed by atoms with E-state index in [-0.39, 0.29) is 0 Å². The average Bonchev–Trinajstić information content (AvgIpc) is 2.90. The van der Waals surface area contributed by atoms with Crippen molar-refractivity contribution >= 4 is 22.6 Å². The van der Waals surface area contributed by atoms with Gasteiger partial charge in [0.1, 0.15) is 5.69 Å². The molecule has 0 fully saturated rings. The van der Waals surface area contributed by atoms with Gasteiger partial charge in [-0.05, 0) is 12.1 Å². The molecule has 0 saturated carbocycles. The van der Waals surface area contributed by atoms with Crippen LogP contribution in [0.2, 0.25) is 0 Å². The van der Waals surface area contributed by atoms with Gasteiger partial charge in [-0.1, -0.05) is 6.07 Å². The fourth-order valence-corrected chi connectivity index (χ4v) is 2.47. The van der Waals surface area contributed by atoms with Crippen LogP contribution in [0.25, 0.3) is 16.3 Å². The Balaban J connectivity index is 2.31. The summed E-state index contributed by atoms with van der Waals surface area (Å²) in [5, 5.41) is 1.96. The van der Waals surface area contributed by atoms with Crippen LogP contribution in [0.15, 0.2) is 36.0 Å². The zero-order chi connectivity index (χ0) is 11.0. The van der Waals surface area contributed by atoms with Gasteiger partial charge in [0, 0.05) is 11.6 Å². The maximum atomic E-state index is 10.9. The van der Waals surface area contributed by atoms with Gasteiger partial charge < -0.3 is 0 Å². The van der Waals surface area contributed by atoms with Gasteiger partial charge in [-0.3, -0.25) is 14.2 Å². The Bertz CT molecular complexity index is 642. The van der Waals surface area contributed by atoms with Crippen molar-refractivity contribution in [1.82, 2.24) is 14.4 Å². The molecule has 0 amide bonds. The number of thiazole rings is 1. The van der Waals surface area contributed by atoms with E-state index in [4.69, 9.17) is 0 Å². The zero-order valence-corrected chi connectivity index (χ0v) is 9.02. The van der Waals surface area contributed by atoms with Crippen molar-refractivity contribution in [2.45, 2.75) is 0 Å². The summed E-state index contributed by atoms with van der Waals surface area (Å²) in [6.45, 7) is 0. The Labute approximate surface area is 95.2 Å². The van der Waals surface area contributed by atoms with Crippen LogP contribution >= 0.6 is 11.3 Å². The molecular weight excluding hydrogens is 222 g/mol. The highest BCUT2D eigenvalue weighted by Crippen LogP contribution is 2.24. The first kappa shape index (κ1) is 9.23. The van der Waals surface area contributed by atoms with E-state index < -0.39 is 0 Å². The summed E-state index contributed by atoms with van der Waals surface area (Å²) >= 11 is 1.50. The summed E-state index contributed by atoms with van der Waals surface area (Å²) in [4.78, 5) is 20.1. The Kier molecular flexibility index (Phi) is 2.04. The van der Waals surface area contributed by atoms with E-state index in [0.29, 0.717) is 5.69 Å². The molecule has 0 atom stereocenters. The minimum atomic E-state index is 0.553. The summed E-state index contributed by atoms with van der Waals surface area (Å²) < 4.78 is 1.82. The number of carbonyl (C=O) groups excluding carboxylic acids is 1. The van der Waals surface area contributed by atoms with Gasteiger partial charge in [-0.25, -0.2) is 4.98 Å². The number of fused-ring (bicyclic) bond motifs is 1. The molecular formula is C11H7N3OS. The van der Waals surface area contributed by atoms with Gasteiger partial charge >= 0.3 is 0 Å². The van der Waals surface area contributed by atoms with E-state index >= 15 is 0 Å². The Morgan fingerprint density at radius 1 is 1.31 bits per heavy atom. The van der Waals surface area contributed by atoms with Crippen LogP contribution in [0.4, 0.5) is 0 Å². The van der Waals surface area contributed by atoms with Crippen LogP contribution in [-0.4, -0.2) is 20.7 Å². The van der Waals surface area contributed by atoms with Gasteiger partial charge in [0.25, 0.3) is 0 Å². The lowest BCUT2D eigenvalue weighted by Crippen LogP contribution is -1.92. The lowest BCUT2D eigenvalue weighted by Gasteiger charge is -1.98. The number of pyridine rings is 1. The smallest absolute Gasteiger partial charge is 0.194 e. The van der Waals surface area contributed by atoms with Gasteiger partial charge in [0.15, 0.2) is 11.2 Å². The quantitative estimate of drug-likeness (QED) is 0.633. The monoisotopic (exact) mass is 229 g/mol. The second-order valence-corrected chi connectivity index (χ2v) is 4.09. The Morgan fingerprint density at radius 2 is 2.25 bits per heavy atom. The van der Waals surface area contributed by atoms with Gasteiger partial charge in [-0.2, -0.15) is 0 Å². The van der Waals surface area contributed by atoms with Crippen LogP contribution in [0.5, 0.6) is 0 Å². The van der Waals surface area contributed by atoms with Crippen LogP contribution < -0.4 is 0 Å². The molecule has 0 saturated heterocycles. The molecule has 78 valence electrons. The largest absolute Gasteiger partial charge is 0.296 e. The molecule has 0 unspecified atom stereocenters. The Hall–Kier alpha value is -2.01. The lowest BCUT2D eigenvalue weighted by atomic mass is 10.3. The predicted molar refractivity (Wildman–Crippen MR) is 61.7 cm³/mol. The van der Waals surface area contributed by atoms with E-state index in [0.717, 1.165) is 22.6 Å². The molecule has 0 aliphatic rings. The molecule has 16 heavy (non-hydrogen) atoms. The third-order valence-corrected chi connectivity index (χ3v) is 3.16. The maximum Gasteiger partial charge on any atom is 0.194 e. The highest BCUT2D eigenvalue weighted by molar-refractivity contribution is 7.15. The van der Waals surface area contributed by atoms with E-state index in [1.165, 1.54) is 11.3 Å². The Morgan fingerprint density at radius 3 is 3.00 bits per heavy atom. The zero-order valence-electron chi connectivity index (χ0n) is 8.20. The van der Waals surface area contributed by atoms with Gasteiger partial charge in [-0.15, -0.1) is 11.3 Å². The van der Waals surface area contributed by atoms with Crippen LogP contribution in [0.3, 0.4) is 0 Å². The second kappa shape index (κ2) is 3.53. The molecule has 3 rings (SSSR count). The first-order valence-electron chi connectivity index (χ1n) is 4.71. The summed E-state index contributed by atoms with van der Waals surface area (Å²) in [6.07, 6.45) is 4.11. The molecule has 0 aliphatic heterocycles. The van der Waals surface area contributed by atoms with Crippen LogP contribution in [-0.2, 0) is 0 Å². The summed E-state index contributed by atoms with van der Waals surface area (Å²) in [6, 6.07) is 5.70. The number of aromatic nitrogens is 3. The van der Waals surface area contributed by atoms with Gasteiger partial charge in [0.05, 0.1) is 17.6 Å². The molecule has 0 spiro atoms. The number of rotatable bonds is 2. The molecule has 4 nitrogen and oxygen atoms in total. The van der Waals surface area contributed by atoms with Crippen molar-refractivity contribution in [2.75, 3.05) is 0 Å². The molecule has 0 radical (unpaired) electrons. The minimum Gasteiger partial charge on any atom is -0.296 e. The average molecular weight is 229 g/mol. The second-order valence-electron chi connectivity index (χ2n) is 3.25. The van der Waals surface area contributed by atoms with E-state index in [9.17, 15) is 4.79 Å². The first-order chi connectivity index (χ1) is 7.90. The van der Waals surface area contributed by atoms with Crippen molar-refractivity contribution in [1.29, 1.82) is 0 Å². The topological polar surface area (TPSA) is 47.3 Å². The number of hydrogen-bond donors (Lipinski definition) is 0. The van der Waals surface area contributed by atoms with Crippen LogP contribution in [0, 0.1) is 0 Å². The van der Waals surface area contributed by atoms with Crippen molar-refractivity contribution in [3.05, 3.63) is 41.7 Å². The highest BCUT2D eigenvalue weighted by Gasteiger charge is 2.11. The molecule has 3 aromatic rings. The van der Waals surface area contributed by atoms with Crippen molar-refractivity contribution in [3.8, 4) is 11.4 Å². The fourth-order valence-electron chi connectivity index (χ4n) is 1.61. The summed E-state index contributed by atoms with van der Waals surface area (Å²) in [7, 11) is 0. The van der Waals surface area contributed by atoms with Crippen molar-refractivity contribution in [2.24, 2.45) is 0 Å². The standard InChI is InChI=1S/C11H7N3OS/c15-6-8-5-13-11-14(8)10(7-16-11)9-3-1-2-4-12-9/h1-7H. The van der Waals surface area contributed by atoms with Crippen molar-refractivity contribution in [3.63, 3.8) is 0 Å². The molecule has 0 aliphatic carbocycles. The van der Waals surface area contributed by atoms with E-state index in [1.54, 1.807) is 12.4 Å². The molecule has 5 heteroatoms. The fraction of sp³-hybridized carbons (Fsp3) is 0.